The molecule has 15 heavy (non-hydrogen) atoms. The standard InChI is InChI=1S/C10H9NO3S/c12-9(13)5-7-10(14)15-8-4-2-1-3-6(8)11-7/h1-4,7,11H,5H2,(H,12,13)/t7-/m1/s1. The largest absolute Gasteiger partial charge is 0.481 e. The van der Waals surface area contributed by atoms with Crippen LogP contribution in [-0.4, -0.2) is 22.2 Å². The van der Waals surface area contributed by atoms with Gasteiger partial charge in [0.15, 0.2) is 0 Å². The van der Waals surface area contributed by atoms with Gasteiger partial charge in [0, 0.05) is 10.6 Å². The fourth-order valence-corrected chi connectivity index (χ4v) is 2.29. The van der Waals surface area contributed by atoms with Crippen molar-refractivity contribution in [2.24, 2.45) is 0 Å². The molecule has 0 aromatic heterocycles. The Bertz CT molecular complexity index is 419. The van der Waals surface area contributed by atoms with Crippen LogP contribution in [0.15, 0.2) is 29.2 Å². The number of anilines is 1. The molecule has 5 heteroatoms. The van der Waals surface area contributed by atoms with Gasteiger partial charge >= 0.3 is 5.97 Å². The number of carboxylic acid groups (broad SMARTS) is 1. The van der Waals surface area contributed by atoms with Crippen molar-refractivity contribution in [2.75, 3.05) is 5.32 Å². The molecule has 0 fully saturated rings. The second-order valence-corrected chi connectivity index (χ2v) is 4.26. The summed E-state index contributed by atoms with van der Waals surface area (Å²) in [6.07, 6.45) is -0.180. The van der Waals surface area contributed by atoms with E-state index in [1.54, 1.807) is 0 Å². The highest BCUT2D eigenvalue weighted by Crippen LogP contribution is 2.34. The molecule has 0 aliphatic carbocycles. The minimum Gasteiger partial charge on any atom is -0.481 e. The summed E-state index contributed by atoms with van der Waals surface area (Å²) in [5.41, 5.74) is 0.827. The Balaban J connectivity index is 2.22. The summed E-state index contributed by atoms with van der Waals surface area (Å²) in [6, 6.07) is 6.74. The predicted octanol–water partition coefficient (Wildman–Crippen LogP) is 1.57. The monoisotopic (exact) mass is 223 g/mol. The number of benzene rings is 1. The number of carboxylic acids is 1. The minimum atomic E-state index is -0.971. The highest BCUT2D eigenvalue weighted by molar-refractivity contribution is 8.14. The Morgan fingerprint density at radius 2 is 2.20 bits per heavy atom. The molecule has 1 atom stereocenters. The predicted molar refractivity (Wildman–Crippen MR) is 57.0 cm³/mol. The van der Waals surface area contributed by atoms with Gasteiger partial charge in [0.05, 0.1) is 6.42 Å². The van der Waals surface area contributed by atoms with Crippen molar-refractivity contribution in [1.29, 1.82) is 0 Å². The van der Waals surface area contributed by atoms with Gasteiger partial charge in [0.25, 0.3) is 0 Å². The first-order valence-electron chi connectivity index (χ1n) is 4.46. The Labute approximate surface area is 90.7 Å². The second-order valence-electron chi connectivity index (χ2n) is 3.21. The average molecular weight is 223 g/mol. The number of hydrogen-bond acceptors (Lipinski definition) is 4. The van der Waals surface area contributed by atoms with E-state index in [0.717, 1.165) is 22.3 Å². The Morgan fingerprint density at radius 1 is 1.47 bits per heavy atom. The Kier molecular flexibility index (Phi) is 2.64. The number of fused-ring (bicyclic) bond motifs is 1. The average Bonchev–Trinajstić information content (AvgIpc) is 2.18. The molecule has 0 bridgehead atoms. The van der Waals surface area contributed by atoms with E-state index in [-0.39, 0.29) is 11.5 Å². The fraction of sp³-hybridized carbons (Fsp3) is 0.200. The number of rotatable bonds is 2. The van der Waals surface area contributed by atoms with E-state index in [4.69, 9.17) is 5.11 Å². The number of aliphatic carboxylic acids is 1. The maximum Gasteiger partial charge on any atom is 0.305 e. The van der Waals surface area contributed by atoms with Gasteiger partial charge in [-0.15, -0.1) is 0 Å². The summed E-state index contributed by atoms with van der Waals surface area (Å²) in [6.45, 7) is 0. The molecule has 2 N–H and O–H groups in total. The number of hydrogen-bond donors (Lipinski definition) is 2. The van der Waals surface area contributed by atoms with Crippen molar-refractivity contribution in [2.45, 2.75) is 17.4 Å². The van der Waals surface area contributed by atoms with Crippen LogP contribution in [0.25, 0.3) is 0 Å². The normalized spacial score (nSPS) is 19.2. The van der Waals surface area contributed by atoms with E-state index < -0.39 is 12.0 Å². The summed E-state index contributed by atoms with van der Waals surface area (Å²) in [7, 11) is 0. The second kappa shape index (κ2) is 3.94. The van der Waals surface area contributed by atoms with Crippen molar-refractivity contribution in [3.05, 3.63) is 24.3 Å². The molecule has 78 valence electrons. The zero-order valence-corrected chi connectivity index (χ0v) is 8.58. The van der Waals surface area contributed by atoms with E-state index in [0.29, 0.717) is 0 Å². The third-order valence-corrected chi connectivity index (χ3v) is 3.15. The molecule has 2 rings (SSSR count). The van der Waals surface area contributed by atoms with Crippen molar-refractivity contribution in [3.63, 3.8) is 0 Å². The zero-order chi connectivity index (χ0) is 10.8. The van der Waals surface area contributed by atoms with Crippen LogP contribution < -0.4 is 5.32 Å². The van der Waals surface area contributed by atoms with Gasteiger partial charge in [0.2, 0.25) is 5.12 Å². The van der Waals surface area contributed by atoms with Crippen LogP contribution in [0.5, 0.6) is 0 Å². The fourth-order valence-electron chi connectivity index (χ4n) is 1.41. The molecule has 0 amide bonds. The molecule has 1 aliphatic heterocycles. The van der Waals surface area contributed by atoms with E-state index in [2.05, 4.69) is 5.32 Å². The molecule has 0 radical (unpaired) electrons. The maximum absolute atomic E-state index is 11.5. The van der Waals surface area contributed by atoms with Gasteiger partial charge in [-0.1, -0.05) is 12.1 Å². The third-order valence-electron chi connectivity index (χ3n) is 2.09. The van der Waals surface area contributed by atoms with Crippen LogP contribution in [0, 0.1) is 0 Å². The number of carbonyl (C=O) groups excluding carboxylic acids is 1. The van der Waals surface area contributed by atoms with Crippen LogP contribution in [-0.2, 0) is 9.59 Å². The molecule has 0 saturated carbocycles. The van der Waals surface area contributed by atoms with Gasteiger partial charge in [-0.05, 0) is 23.9 Å². The van der Waals surface area contributed by atoms with Crippen LogP contribution in [0.1, 0.15) is 6.42 Å². The zero-order valence-electron chi connectivity index (χ0n) is 7.77. The quantitative estimate of drug-likeness (QED) is 0.796. The molecule has 1 aromatic rings. The van der Waals surface area contributed by atoms with E-state index >= 15 is 0 Å². The molecular formula is C10H9NO3S. The van der Waals surface area contributed by atoms with Crippen LogP contribution in [0.4, 0.5) is 5.69 Å². The number of carbonyl (C=O) groups is 2. The molecule has 1 aromatic carbocycles. The lowest BCUT2D eigenvalue weighted by Gasteiger charge is -2.23. The van der Waals surface area contributed by atoms with Crippen molar-refractivity contribution in [3.8, 4) is 0 Å². The Morgan fingerprint density at radius 3 is 2.93 bits per heavy atom. The number of thioether (sulfide) groups is 1. The van der Waals surface area contributed by atoms with Gasteiger partial charge in [-0.2, -0.15) is 0 Å². The topological polar surface area (TPSA) is 66.4 Å². The van der Waals surface area contributed by atoms with Gasteiger partial charge in [-0.25, -0.2) is 0 Å². The summed E-state index contributed by atoms with van der Waals surface area (Å²) in [5.74, 6) is -0.971. The van der Waals surface area contributed by atoms with Gasteiger partial charge in [0.1, 0.15) is 6.04 Å². The molecule has 0 saturated heterocycles. The van der Waals surface area contributed by atoms with Crippen molar-refractivity contribution < 1.29 is 14.7 Å². The smallest absolute Gasteiger partial charge is 0.305 e. The first kappa shape index (κ1) is 10.0. The molecule has 0 spiro atoms. The summed E-state index contributed by atoms with van der Waals surface area (Å²) < 4.78 is 0. The Hall–Kier alpha value is -1.49. The van der Waals surface area contributed by atoms with Crippen molar-refractivity contribution in [1.82, 2.24) is 0 Å². The maximum atomic E-state index is 11.5. The van der Waals surface area contributed by atoms with Crippen molar-refractivity contribution >= 4 is 28.5 Å². The summed E-state index contributed by atoms with van der Waals surface area (Å²) in [5, 5.41) is 11.4. The highest BCUT2D eigenvalue weighted by Gasteiger charge is 2.27. The summed E-state index contributed by atoms with van der Waals surface area (Å²) in [4.78, 5) is 22.9. The first-order valence-corrected chi connectivity index (χ1v) is 5.27. The van der Waals surface area contributed by atoms with E-state index in [9.17, 15) is 9.59 Å². The van der Waals surface area contributed by atoms with Gasteiger partial charge in [-0.3, -0.25) is 9.59 Å². The van der Waals surface area contributed by atoms with E-state index in [1.165, 1.54) is 0 Å². The lowest BCUT2D eigenvalue weighted by molar-refractivity contribution is -0.138. The first-order chi connectivity index (χ1) is 7.16. The van der Waals surface area contributed by atoms with Crippen LogP contribution in [0.2, 0.25) is 0 Å². The van der Waals surface area contributed by atoms with E-state index in [1.807, 2.05) is 24.3 Å². The number of para-hydroxylation sites is 1. The molecular weight excluding hydrogens is 214 g/mol. The lowest BCUT2D eigenvalue weighted by Crippen LogP contribution is -2.32. The minimum absolute atomic E-state index is 0.142. The van der Waals surface area contributed by atoms with Gasteiger partial charge < -0.3 is 10.4 Å². The molecule has 1 heterocycles. The SMILES string of the molecule is O=C(O)C[C@H]1Nc2ccccc2SC1=O. The van der Waals surface area contributed by atoms with Crippen LogP contribution >= 0.6 is 11.8 Å². The summed E-state index contributed by atoms with van der Waals surface area (Å²) >= 11 is 1.10. The molecule has 0 unspecified atom stereocenters. The molecule has 1 aliphatic rings. The van der Waals surface area contributed by atoms with Crippen LogP contribution in [0.3, 0.4) is 0 Å². The highest BCUT2D eigenvalue weighted by atomic mass is 32.2. The lowest BCUT2D eigenvalue weighted by atomic mass is 10.2. The number of nitrogens with one attached hydrogen (secondary N) is 1. The third kappa shape index (κ3) is 2.12. The molecule has 4 nitrogen and oxygen atoms in total.